The Hall–Kier alpha value is -0.530. The van der Waals surface area contributed by atoms with E-state index in [1.165, 1.54) is 0 Å². The van der Waals surface area contributed by atoms with E-state index in [1.54, 1.807) is 0 Å². The molecule has 1 aromatic heterocycles. The van der Waals surface area contributed by atoms with Crippen LogP contribution in [0.15, 0.2) is 20.0 Å². The average Bonchev–Trinajstić information content (AvgIpc) is 2.70. The van der Waals surface area contributed by atoms with E-state index in [1.807, 2.05) is 13.8 Å². The number of carbonyl (C=O) groups excluding carboxylic acids is 1. The van der Waals surface area contributed by atoms with Crippen LogP contribution in [-0.2, 0) is 9.05 Å². The van der Waals surface area contributed by atoms with Crippen LogP contribution in [-0.4, -0.2) is 20.4 Å². The second-order valence-corrected chi connectivity index (χ2v) is 7.31. The fraction of sp³-hybridized carbons (Fsp3) is 0.545. The lowest BCUT2D eigenvalue weighted by molar-refractivity contribution is 0.0904. The predicted octanol–water partition coefficient (Wildman–Crippen LogP) is 3.28. The minimum atomic E-state index is -3.94. The molecule has 0 aliphatic heterocycles. The zero-order chi connectivity index (χ0) is 14.6. The number of amides is 1. The summed E-state index contributed by atoms with van der Waals surface area (Å²) in [5.41, 5.74) is 0. The number of nitrogens with one attached hydrogen (secondary N) is 1. The zero-order valence-electron chi connectivity index (χ0n) is 10.6. The van der Waals surface area contributed by atoms with Crippen molar-refractivity contribution in [3.63, 3.8) is 0 Å². The third-order valence-corrected chi connectivity index (χ3v) is 4.79. The summed E-state index contributed by atoms with van der Waals surface area (Å²) in [5.74, 6) is -0.534. The lowest BCUT2D eigenvalue weighted by Crippen LogP contribution is -2.33. The van der Waals surface area contributed by atoms with Crippen molar-refractivity contribution in [3.05, 3.63) is 16.5 Å². The van der Waals surface area contributed by atoms with Gasteiger partial charge in [-0.2, -0.15) is 0 Å². The molecule has 0 radical (unpaired) electrons. The summed E-state index contributed by atoms with van der Waals surface area (Å²) in [6, 6.07) is 1.15. The molecule has 0 aromatic carbocycles. The molecule has 8 heteroatoms. The van der Waals surface area contributed by atoms with E-state index in [-0.39, 0.29) is 21.4 Å². The number of hydrogen-bond donors (Lipinski definition) is 1. The third-order valence-electron chi connectivity index (χ3n) is 2.61. The summed E-state index contributed by atoms with van der Waals surface area (Å²) in [7, 11) is 1.28. The van der Waals surface area contributed by atoms with Crippen LogP contribution < -0.4 is 5.32 Å². The van der Waals surface area contributed by atoms with Gasteiger partial charge in [-0.15, -0.1) is 0 Å². The van der Waals surface area contributed by atoms with Gasteiger partial charge in [-0.25, -0.2) is 8.42 Å². The number of halogens is 2. The topological polar surface area (TPSA) is 76.4 Å². The molecule has 1 heterocycles. The van der Waals surface area contributed by atoms with Crippen molar-refractivity contribution in [3.8, 4) is 0 Å². The Morgan fingerprint density at radius 2 is 2.16 bits per heavy atom. The van der Waals surface area contributed by atoms with Crippen molar-refractivity contribution in [2.24, 2.45) is 0 Å². The maximum absolute atomic E-state index is 11.9. The second-order valence-electron chi connectivity index (χ2n) is 4.05. The van der Waals surface area contributed by atoms with Crippen LogP contribution in [0.4, 0.5) is 0 Å². The Kier molecular flexibility index (Phi) is 5.88. The van der Waals surface area contributed by atoms with Crippen LogP contribution >= 0.6 is 26.6 Å². The Balaban J connectivity index is 2.90. The summed E-state index contributed by atoms with van der Waals surface area (Å²) in [5, 5.41) is 2.78. The van der Waals surface area contributed by atoms with E-state index >= 15 is 0 Å². The van der Waals surface area contributed by atoms with Gasteiger partial charge in [0.25, 0.3) is 15.0 Å². The first-order valence-electron chi connectivity index (χ1n) is 5.84. The number of hydrogen-bond acceptors (Lipinski definition) is 4. The van der Waals surface area contributed by atoms with E-state index in [9.17, 15) is 13.2 Å². The molecule has 0 spiro atoms. The predicted molar refractivity (Wildman–Crippen MR) is 75.9 cm³/mol. The first kappa shape index (κ1) is 16.5. The fourth-order valence-electron chi connectivity index (χ4n) is 1.61. The zero-order valence-corrected chi connectivity index (χ0v) is 13.7. The summed E-state index contributed by atoms with van der Waals surface area (Å²) in [4.78, 5) is 11.7. The quantitative estimate of drug-likeness (QED) is 0.777. The summed E-state index contributed by atoms with van der Waals surface area (Å²) >= 11 is 2.92. The first-order chi connectivity index (χ1) is 8.79. The highest BCUT2D eigenvalue weighted by atomic mass is 79.9. The van der Waals surface area contributed by atoms with E-state index in [4.69, 9.17) is 15.1 Å². The van der Waals surface area contributed by atoms with E-state index < -0.39 is 15.0 Å². The molecule has 1 rings (SSSR count). The smallest absolute Gasteiger partial charge is 0.287 e. The summed E-state index contributed by atoms with van der Waals surface area (Å²) < 4.78 is 27.4. The van der Waals surface area contributed by atoms with Crippen molar-refractivity contribution < 1.29 is 17.6 Å². The van der Waals surface area contributed by atoms with Gasteiger partial charge in [-0.1, -0.05) is 20.3 Å². The molecular formula is C11H15BrClNO4S. The van der Waals surface area contributed by atoms with Gasteiger partial charge in [0, 0.05) is 22.8 Å². The molecule has 0 fully saturated rings. The molecule has 1 amide bonds. The third kappa shape index (κ3) is 4.50. The standard InChI is InChI=1S/C11H15BrClNO4S/c1-3-5-7(4-2)14-11(15)8-6-9(10(12)18-8)19(13,16)17/h6-7H,3-5H2,1-2H3,(H,14,15). The van der Waals surface area contributed by atoms with Gasteiger partial charge in [-0.05, 0) is 28.8 Å². The van der Waals surface area contributed by atoms with Gasteiger partial charge in [-0.3, -0.25) is 4.79 Å². The minimum absolute atomic E-state index is 0.0393. The largest absolute Gasteiger partial charge is 0.443 e. The van der Waals surface area contributed by atoms with Crippen molar-refractivity contribution in [1.82, 2.24) is 5.32 Å². The van der Waals surface area contributed by atoms with Gasteiger partial charge in [0.05, 0.1) is 0 Å². The highest BCUT2D eigenvalue weighted by Crippen LogP contribution is 2.28. The molecule has 5 nitrogen and oxygen atoms in total. The van der Waals surface area contributed by atoms with Crippen LogP contribution in [0.25, 0.3) is 0 Å². The highest BCUT2D eigenvalue weighted by Gasteiger charge is 2.24. The Labute approximate surface area is 125 Å². The lowest BCUT2D eigenvalue weighted by atomic mass is 10.1. The van der Waals surface area contributed by atoms with E-state index in [2.05, 4.69) is 21.2 Å². The fourth-order valence-corrected chi connectivity index (χ4v) is 3.65. The van der Waals surface area contributed by atoms with Gasteiger partial charge in [0.2, 0.25) is 0 Å². The average molecular weight is 373 g/mol. The van der Waals surface area contributed by atoms with Crippen LogP contribution in [0, 0.1) is 0 Å². The molecule has 0 bridgehead atoms. The number of furan rings is 1. The second kappa shape index (κ2) is 6.76. The van der Waals surface area contributed by atoms with Gasteiger partial charge < -0.3 is 9.73 Å². The first-order valence-corrected chi connectivity index (χ1v) is 8.94. The SMILES string of the molecule is CCCC(CC)NC(=O)c1cc(S(=O)(=O)Cl)c(Br)o1. The Morgan fingerprint density at radius 3 is 2.58 bits per heavy atom. The van der Waals surface area contributed by atoms with Gasteiger partial charge in [0.15, 0.2) is 10.4 Å². The molecule has 19 heavy (non-hydrogen) atoms. The molecule has 1 N–H and O–H groups in total. The van der Waals surface area contributed by atoms with E-state index in [0.29, 0.717) is 0 Å². The van der Waals surface area contributed by atoms with Crippen LogP contribution in [0.1, 0.15) is 43.7 Å². The molecule has 0 aliphatic rings. The molecule has 1 aromatic rings. The summed E-state index contributed by atoms with van der Waals surface area (Å²) in [6.45, 7) is 3.99. The number of rotatable bonds is 6. The van der Waals surface area contributed by atoms with Gasteiger partial charge >= 0.3 is 0 Å². The molecule has 108 valence electrons. The van der Waals surface area contributed by atoms with Crippen molar-refractivity contribution in [2.75, 3.05) is 0 Å². The molecule has 1 unspecified atom stereocenters. The van der Waals surface area contributed by atoms with Crippen molar-refractivity contribution in [1.29, 1.82) is 0 Å². The van der Waals surface area contributed by atoms with Crippen molar-refractivity contribution in [2.45, 2.75) is 44.0 Å². The van der Waals surface area contributed by atoms with Crippen molar-refractivity contribution >= 4 is 41.6 Å². The van der Waals surface area contributed by atoms with Gasteiger partial charge in [0.1, 0.15) is 4.90 Å². The van der Waals surface area contributed by atoms with Crippen LogP contribution in [0.2, 0.25) is 0 Å². The molecule has 1 atom stereocenters. The normalized spacial score (nSPS) is 13.3. The van der Waals surface area contributed by atoms with Crippen LogP contribution in [0.3, 0.4) is 0 Å². The Morgan fingerprint density at radius 1 is 1.53 bits per heavy atom. The highest BCUT2D eigenvalue weighted by molar-refractivity contribution is 9.10. The number of carbonyl (C=O) groups is 1. The van der Waals surface area contributed by atoms with Crippen LogP contribution in [0.5, 0.6) is 0 Å². The molecular weight excluding hydrogens is 358 g/mol. The molecule has 0 saturated heterocycles. The lowest BCUT2D eigenvalue weighted by Gasteiger charge is -2.14. The monoisotopic (exact) mass is 371 g/mol. The maximum atomic E-state index is 11.9. The molecule has 0 saturated carbocycles. The molecule has 0 aliphatic carbocycles. The maximum Gasteiger partial charge on any atom is 0.287 e. The summed E-state index contributed by atoms with van der Waals surface area (Å²) in [6.07, 6.45) is 2.59. The minimum Gasteiger partial charge on any atom is -0.443 e. The Bertz CT molecular complexity index is 555. The van der Waals surface area contributed by atoms with E-state index in [0.717, 1.165) is 25.3 Å².